The van der Waals surface area contributed by atoms with Crippen LogP contribution in [0.15, 0.2) is 46.1 Å². The third-order valence-corrected chi connectivity index (χ3v) is 7.09. The van der Waals surface area contributed by atoms with E-state index in [4.69, 9.17) is 14.0 Å². The minimum absolute atomic E-state index is 0.0925. The fraction of sp³-hybridized carbons (Fsp3) is 0.448. The Bertz CT molecular complexity index is 1710. The van der Waals surface area contributed by atoms with Gasteiger partial charge in [0, 0.05) is 38.7 Å². The normalized spacial score (nSPS) is 16.7. The summed E-state index contributed by atoms with van der Waals surface area (Å²) < 4.78 is 19.6. The molecule has 43 heavy (non-hydrogen) atoms. The van der Waals surface area contributed by atoms with Crippen LogP contribution < -0.4 is 21.1 Å². The summed E-state index contributed by atoms with van der Waals surface area (Å²) in [6, 6.07) is 4.81. The Morgan fingerprint density at radius 1 is 1.21 bits per heavy atom. The molecule has 0 spiro atoms. The monoisotopic (exact) mass is 592 g/mol. The van der Waals surface area contributed by atoms with E-state index < -0.39 is 17.6 Å². The number of hydrogen-bond donors (Lipinski definition) is 2. The summed E-state index contributed by atoms with van der Waals surface area (Å²) in [6.07, 6.45) is 5.89. The molecule has 1 aliphatic rings. The molecule has 2 amide bonds. The van der Waals surface area contributed by atoms with Crippen molar-refractivity contribution >= 4 is 40.2 Å². The van der Waals surface area contributed by atoms with Crippen LogP contribution in [-0.4, -0.2) is 68.4 Å². The second kappa shape index (κ2) is 11.5. The standard InChI is InChI=1S/C29H36N8O6/c1-16(2)37-15-17(14-30-37)36-12-8-9-19(27(36)39)31-22-13-20(35(6)28(40)42-29(3,4)5)23-24(33-22)25(43-34-23)26(38)32-18-10-11-21(18)41-7/h8-9,12-16,18,21H,10-11H2,1-7H3,(H,31,33)(H,32,38)/t18-,21-/m1/s1. The van der Waals surface area contributed by atoms with Crippen LogP contribution in [0.1, 0.15) is 64.1 Å². The van der Waals surface area contributed by atoms with Gasteiger partial charge in [0.1, 0.15) is 22.6 Å². The predicted molar refractivity (Wildman–Crippen MR) is 159 cm³/mol. The second-order valence-electron chi connectivity index (χ2n) is 11.7. The van der Waals surface area contributed by atoms with Crippen LogP contribution >= 0.6 is 0 Å². The van der Waals surface area contributed by atoms with E-state index in [1.807, 2.05) is 13.8 Å². The van der Waals surface area contributed by atoms with Crippen molar-refractivity contribution in [3.63, 3.8) is 0 Å². The van der Waals surface area contributed by atoms with Crippen LogP contribution in [0.3, 0.4) is 0 Å². The molecule has 0 aromatic carbocycles. The van der Waals surface area contributed by atoms with Gasteiger partial charge in [0.25, 0.3) is 11.5 Å². The molecule has 4 aromatic rings. The van der Waals surface area contributed by atoms with Gasteiger partial charge in [-0.2, -0.15) is 5.10 Å². The van der Waals surface area contributed by atoms with E-state index in [2.05, 4.69) is 25.9 Å². The Morgan fingerprint density at radius 3 is 2.60 bits per heavy atom. The number of fused-ring (bicyclic) bond motifs is 1. The first kappa shape index (κ1) is 29.8. The highest BCUT2D eigenvalue weighted by Gasteiger charge is 2.34. The summed E-state index contributed by atoms with van der Waals surface area (Å²) in [5, 5.41) is 14.4. The lowest BCUT2D eigenvalue weighted by Crippen LogP contribution is -2.51. The largest absolute Gasteiger partial charge is 0.443 e. The van der Waals surface area contributed by atoms with E-state index in [9.17, 15) is 14.4 Å². The lowest BCUT2D eigenvalue weighted by Gasteiger charge is -2.35. The molecule has 2 N–H and O–H groups in total. The van der Waals surface area contributed by atoms with Gasteiger partial charge in [-0.15, -0.1) is 0 Å². The van der Waals surface area contributed by atoms with Crippen molar-refractivity contribution in [2.24, 2.45) is 0 Å². The third kappa shape index (κ3) is 6.09. The molecular weight excluding hydrogens is 556 g/mol. The Kier molecular flexibility index (Phi) is 7.97. The molecule has 1 saturated carbocycles. The number of rotatable bonds is 8. The predicted octanol–water partition coefficient (Wildman–Crippen LogP) is 4.17. The number of hydrogen-bond acceptors (Lipinski definition) is 10. The first-order valence-corrected chi connectivity index (χ1v) is 14.0. The molecule has 4 aromatic heterocycles. The van der Waals surface area contributed by atoms with Crippen molar-refractivity contribution < 1.29 is 23.6 Å². The number of nitrogens with one attached hydrogen (secondary N) is 2. The van der Waals surface area contributed by atoms with E-state index in [1.54, 1.807) is 63.3 Å². The van der Waals surface area contributed by atoms with E-state index >= 15 is 0 Å². The Labute approximate surface area is 247 Å². The van der Waals surface area contributed by atoms with Crippen molar-refractivity contribution in [3.05, 3.63) is 52.9 Å². The highest BCUT2D eigenvalue weighted by Crippen LogP contribution is 2.32. The molecule has 0 radical (unpaired) electrons. The number of amides is 2. The first-order chi connectivity index (χ1) is 20.4. The van der Waals surface area contributed by atoms with Crippen LogP contribution in [0.4, 0.5) is 22.0 Å². The van der Waals surface area contributed by atoms with Crippen molar-refractivity contribution in [3.8, 4) is 5.69 Å². The highest BCUT2D eigenvalue weighted by molar-refractivity contribution is 6.07. The van der Waals surface area contributed by atoms with Gasteiger partial charge in [-0.25, -0.2) is 9.78 Å². The molecule has 0 aliphatic heterocycles. The molecule has 0 saturated heterocycles. The molecule has 0 unspecified atom stereocenters. The molecule has 14 heteroatoms. The number of carbonyl (C=O) groups is 2. The molecule has 1 aliphatic carbocycles. The maximum absolute atomic E-state index is 13.5. The quantitative estimate of drug-likeness (QED) is 0.304. The zero-order valence-corrected chi connectivity index (χ0v) is 25.2. The van der Waals surface area contributed by atoms with Crippen LogP contribution in [-0.2, 0) is 9.47 Å². The summed E-state index contributed by atoms with van der Waals surface area (Å²) in [5.74, 6) is -0.471. The maximum atomic E-state index is 13.5. The fourth-order valence-electron chi connectivity index (χ4n) is 4.62. The van der Waals surface area contributed by atoms with Crippen LogP contribution in [0.2, 0.25) is 0 Å². The molecule has 2 atom stereocenters. The van der Waals surface area contributed by atoms with Crippen molar-refractivity contribution in [1.29, 1.82) is 0 Å². The number of ether oxygens (including phenoxy) is 2. The lowest BCUT2D eigenvalue weighted by atomic mass is 9.89. The number of pyridine rings is 2. The zero-order chi connectivity index (χ0) is 31.1. The van der Waals surface area contributed by atoms with Gasteiger partial charge in [-0.1, -0.05) is 5.16 Å². The van der Waals surface area contributed by atoms with Gasteiger partial charge in [0.2, 0.25) is 5.76 Å². The fourth-order valence-corrected chi connectivity index (χ4v) is 4.62. The number of aromatic nitrogens is 5. The van der Waals surface area contributed by atoms with E-state index in [1.165, 1.54) is 22.6 Å². The summed E-state index contributed by atoms with van der Waals surface area (Å²) in [7, 11) is 3.11. The maximum Gasteiger partial charge on any atom is 0.414 e. The third-order valence-electron chi connectivity index (χ3n) is 7.09. The second-order valence-corrected chi connectivity index (χ2v) is 11.7. The lowest BCUT2D eigenvalue weighted by molar-refractivity contribution is 0.00677. The van der Waals surface area contributed by atoms with Gasteiger partial charge in [-0.05, 0) is 59.6 Å². The molecule has 14 nitrogen and oxygen atoms in total. The van der Waals surface area contributed by atoms with Gasteiger partial charge in [-0.3, -0.25) is 23.7 Å². The summed E-state index contributed by atoms with van der Waals surface area (Å²) in [6.45, 7) is 9.25. The highest BCUT2D eigenvalue weighted by atomic mass is 16.6. The average molecular weight is 593 g/mol. The van der Waals surface area contributed by atoms with E-state index in [-0.39, 0.29) is 57.7 Å². The van der Waals surface area contributed by atoms with Gasteiger partial charge < -0.3 is 24.6 Å². The minimum Gasteiger partial charge on any atom is -0.443 e. The number of nitrogens with zero attached hydrogens (tertiary/aromatic N) is 6. The number of carbonyl (C=O) groups excluding carboxylic acids is 2. The summed E-state index contributed by atoms with van der Waals surface area (Å²) in [4.78, 5) is 45.6. The molecule has 5 rings (SSSR count). The van der Waals surface area contributed by atoms with Crippen molar-refractivity contribution in [1.82, 2.24) is 29.8 Å². The number of anilines is 3. The van der Waals surface area contributed by atoms with Gasteiger partial charge in [0.05, 0.1) is 29.7 Å². The van der Waals surface area contributed by atoms with Gasteiger partial charge in [0.15, 0.2) is 5.52 Å². The molecule has 0 bridgehead atoms. The van der Waals surface area contributed by atoms with Crippen LogP contribution in [0.25, 0.3) is 16.7 Å². The smallest absolute Gasteiger partial charge is 0.414 e. The topological polar surface area (TPSA) is 159 Å². The van der Waals surface area contributed by atoms with Gasteiger partial charge >= 0.3 is 6.09 Å². The SMILES string of the molecule is CO[C@@H]1CC[C@H]1NC(=O)c1onc2c(N(C)C(=O)OC(C)(C)C)cc(Nc3cccn(-c4cnn(C(C)C)c4)c3=O)nc12. The minimum atomic E-state index is -0.757. The molecule has 1 fully saturated rings. The zero-order valence-electron chi connectivity index (χ0n) is 25.2. The summed E-state index contributed by atoms with van der Waals surface area (Å²) in [5.41, 5.74) is 0.234. The summed E-state index contributed by atoms with van der Waals surface area (Å²) >= 11 is 0. The Morgan fingerprint density at radius 2 is 1.98 bits per heavy atom. The number of methoxy groups -OCH3 is 1. The van der Waals surface area contributed by atoms with Crippen LogP contribution in [0.5, 0.6) is 0 Å². The van der Waals surface area contributed by atoms with Crippen molar-refractivity contribution in [2.45, 2.75) is 71.2 Å². The molecular formula is C29H36N8O6. The average Bonchev–Trinajstić information content (AvgIpc) is 3.59. The van der Waals surface area contributed by atoms with Crippen molar-refractivity contribution in [2.75, 3.05) is 24.4 Å². The first-order valence-electron chi connectivity index (χ1n) is 14.0. The van der Waals surface area contributed by atoms with E-state index in [0.29, 0.717) is 5.69 Å². The molecule has 4 heterocycles. The Hall–Kier alpha value is -4.72. The van der Waals surface area contributed by atoms with Crippen LogP contribution in [0, 0.1) is 0 Å². The van der Waals surface area contributed by atoms with E-state index in [0.717, 1.165) is 12.8 Å². The Balaban J connectivity index is 1.55. The molecule has 228 valence electrons.